The van der Waals surface area contributed by atoms with Crippen molar-refractivity contribution in [3.63, 3.8) is 0 Å². The minimum absolute atomic E-state index is 0.00776. The molecule has 1 N–H and O–H groups in total. The first-order valence-electron chi connectivity index (χ1n) is 10.9. The Bertz CT molecular complexity index is 1390. The molecule has 1 aromatic heterocycles. The first-order chi connectivity index (χ1) is 17.5. The normalized spacial score (nSPS) is 17.1. The van der Waals surface area contributed by atoms with Gasteiger partial charge in [0, 0.05) is 40.8 Å². The molecule has 1 unspecified atom stereocenters. The summed E-state index contributed by atoms with van der Waals surface area (Å²) in [5.41, 5.74) is 0.890. The summed E-state index contributed by atoms with van der Waals surface area (Å²) in [5, 5.41) is 9.80. The molecule has 0 aliphatic carbocycles. The van der Waals surface area contributed by atoms with Gasteiger partial charge in [-0.15, -0.1) is 0 Å². The van der Waals surface area contributed by atoms with Gasteiger partial charge in [0.1, 0.15) is 0 Å². The van der Waals surface area contributed by atoms with Crippen LogP contribution in [0.25, 0.3) is 5.70 Å². The number of nitrogens with zero attached hydrogens (tertiary/aromatic N) is 3. The van der Waals surface area contributed by atoms with Gasteiger partial charge in [-0.1, -0.05) is 41.4 Å². The Hall–Kier alpha value is -3.58. The molecule has 1 aliphatic rings. The molecular formula is C26H19Cl2F3N4O2. The third-order valence-corrected chi connectivity index (χ3v) is 6.25. The van der Waals surface area contributed by atoms with Crippen LogP contribution in [0.15, 0.2) is 66.9 Å². The third kappa shape index (κ3) is 5.57. The molecule has 1 atom stereocenters. The summed E-state index contributed by atoms with van der Waals surface area (Å²) in [6.07, 6.45) is -2.36. The zero-order chi connectivity index (χ0) is 26.8. The zero-order valence-electron chi connectivity index (χ0n) is 19.3. The second-order valence-electron chi connectivity index (χ2n) is 8.33. The number of nitrogens with one attached hydrogen (secondary N) is 1. The Kier molecular flexibility index (Phi) is 7.46. The van der Waals surface area contributed by atoms with E-state index in [1.807, 2.05) is 0 Å². The van der Waals surface area contributed by atoms with Crippen molar-refractivity contribution in [2.45, 2.75) is 31.8 Å². The molecule has 2 heterocycles. The summed E-state index contributed by atoms with van der Waals surface area (Å²) in [6, 6.07) is 15.6. The molecule has 1 amide bonds. The minimum Gasteiger partial charge on any atom is -0.333 e. The van der Waals surface area contributed by atoms with Crippen molar-refractivity contribution < 1.29 is 22.8 Å². The van der Waals surface area contributed by atoms with E-state index in [-0.39, 0.29) is 45.9 Å². The number of pyridine rings is 1. The second kappa shape index (κ2) is 10.4. The van der Waals surface area contributed by atoms with Gasteiger partial charge in [0.15, 0.2) is 0 Å². The standard InChI is InChI=1S/C26H19Cl2F3N4O2/c1-16(36)35(15-23-4-2-3-7-33-23)14-18-6-5-17(8-19(18)13-32)24-12-25(37-34-24,26(29,30)31)20-9-21(27)11-22(28)10-20/h2-12,34H,14-15H2,1H3. The molecule has 4 rings (SSSR count). The zero-order valence-corrected chi connectivity index (χ0v) is 20.8. The maximum absolute atomic E-state index is 14.3. The molecule has 2 aromatic carbocycles. The smallest absolute Gasteiger partial charge is 0.333 e. The van der Waals surface area contributed by atoms with E-state index < -0.39 is 11.8 Å². The Morgan fingerprint density at radius 1 is 1.14 bits per heavy atom. The van der Waals surface area contributed by atoms with Crippen LogP contribution in [-0.2, 0) is 28.3 Å². The molecule has 6 nitrogen and oxygen atoms in total. The van der Waals surface area contributed by atoms with Crippen LogP contribution in [0.3, 0.4) is 0 Å². The average molecular weight is 547 g/mol. The predicted octanol–water partition coefficient (Wildman–Crippen LogP) is 6.14. The van der Waals surface area contributed by atoms with Crippen LogP contribution in [0.1, 0.15) is 34.9 Å². The summed E-state index contributed by atoms with van der Waals surface area (Å²) >= 11 is 11.9. The Balaban J connectivity index is 1.67. The SMILES string of the molecule is CC(=O)N(Cc1ccccn1)Cc1ccc(C2=CC(c3cc(Cl)cc(Cl)c3)(C(F)(F)F)ON2)cc1C#N. The van der Waals surface area contributed by atoms with Gasteiger partial charge in [0.05, 0.1) is 29.6 Å². The molecule has 0 saturated heterocycles. The summed E-state index contributed by atoms with van der Waals surface area (Å²) < 4.78 is 42.8. The maximum Gasteiger partial charge on any atom is 0.428 e. The number of alkyl halides is 3. The van der Waals surface area contributed by atoms with Crippen LogP contribution in [0.4, 0.5) is 13.2 Å². The van der Waals surface area contributed by atoms with E-state index in [0.29, 0.717) is 16.8 Å². The van der Waals surface area contributed by atoms with Crippen LogP contribution in [0.2, 0.25) is 10.0 Å². The first-order valence-corrected chi connectivity index (χ1v) is 11.7. The van der Waals surface area contributed by atoms with Gasteiger partial charge in [-0.05, 0) is 48.0 Å². The second-order valence-corrected chi connectivity index (χ2v) is 9.21. The molecule has 1 aliphatic heterocycles. The summed E-state index contributed by atoms with van der Waals surface area (Å²) in [5.74, 6) is -0.220. The molecular weight excluding hydrogens is 528 g/mol. The number of halogens is 5. The fraction of sp³-hybridized carbons (Fsp3) is 0.192. The molecule has 37 heavy (non-hydrogen) atoms. The van der Waals surface area contributed by atoms with E-state index >= 15 is 0 Å². The number of carbonyl (C=O) groups is 1. The molecule has 0 saturated carbocycles. The van der Waals surface area contributed by atoms with E-state index in [1.54, 1.807) is 36.5 Å². The fourth-order valence-electron chi connectivity index (χ4n) is 3.91. The topological polar surface area (TPSA) is 78.2 Å². The molecule has 0 fully saturated rings. The van der Waals surface area contributed by atoms with Crippen molar-refractivity contribution in [3.05, 3.63) is 105 Å². The van der Waals surface area contributed by atoms with E-state index in [1.165, 1.54) is 24.0 Å². The number of nitriles is 1. The van der Waals surface area contributed by atoms with E-state index in [2.05, 4.69) is 16.5 Å². The molecule has 0 radical (unpaired) electrons. The van der Waals surface area contributed by atoms with E-state index in [0.717, 1.165) is 18.2 Å². The van der Waals surface area contributed by atoms with Gasteiger partial charge in [0.2, 0.25) is 11.5 Å². The highest BCUT2D eigenvalue weighted by Crippen LogP contribution is 2.48. The van der Waals surface area contributed by atoms with Crippen molar-refractivity contribution >= 4 is 34.8 Å². The summed E-state index contributed by atoms with van der Waals surface area (Å²) in [7, 11) is 0. The quantitative estimate of drug-likeness (QED) is 0.401. The third-order valence-electron chi connectivity index (χ3n) is 5.81. The largest absolute Gasteiger partial charge is 0.428 e. The van der Waals surface area contributed by atoms with Gasteiger partial charge in [-0.2, -0.15) is 18.4 Å². The van der Waals surface area contributed by atoms with E-state index in [9.17, 15) is 23.2 Å². The lowest BCUT2D eigenvalue weighted by molar-refractivity contribution is -0.269. The van der Waals surface area contributed by atoms with Crippen LogP contribution in [0.5, 0.6) is 0 Å². The van der Waals surface area contributed by atoms with Crippen molar-refractivity contribution in [2.75, 3.05) is 0 Å². The fourth-order valence-corrected chi connectivity index (χ4v) is 4.44. The number of amides is 1. The van der Waals surface area contributed by atoms with Gasteiger partial charge in [-0.3, -0.25) is 20.1 Å². The highest BCUT2D eigenvalue weighted by Gasteiger charge is 2.59. The van der Waals surface area contributed by atoms with Crippen LogP contribution in [-0.4, -0.2) is 22.0 Å². The summed E-state index contributed by atoms with van der Waals surface area (Å²) in [4.78, 5) is 23.1. The number of carbonyl (C=O) groups excluding carboxylic acids is 1. The van der Waals surface area contributed by atoms with Crippen molar-refractivity contribution in [1.82, 2.24) is 15.4 Å². The lowest BCUT2D eigenvalue weighted by atomic mass is 9.91. The lowest BCUT2D eigenvalue weighted by Gasteiger charge is -2.28. The van der Waals surface area contributed by atoms with E-state index in [4.69, 9.17) is 28.0 Å². The van der Waals surface area contributed by atoms with Crippen molar-refractivity contribution in [3.8, 4) is 6.07 Å². The average Bonchev–Trinajstić information content (AvgIpc) is 3.31. The van der Waals surface area contributed by atoms with Crippen LogP contribution < -0.4 is 5.48 Å². The molecule has 0 bridgehead atoms. The lowest BCUT2D eigenvalue weighted by Crippen LogP contribution is -2.42. The van der Waals surface area contributed by atoms with Gasteiger partial charge in [-0.25, -0.2) is 0 Å². The van der Waals surface area contributed by atoms with Gasteiger partial charge < -0.3 is 4.90 Å². The van der Waals surface area contributed by atoms with Crippen molar-refractivity contribution in [1.29, 1.82) is 5.26 Å². The Labute approximate surface area is 220 Å². The highest BCUT2D eigenvalue weighted by molar-refractivity contribution is 6.34. The number of benzene rings is 2. The monoisotopic (exact) mass is 546 g/mol. The Morgan fingerprint density at radius 2 is 1.86 bits per heavy atom. The highest BCUT2D eigenvalue weighted by atomic mass is 35.5. The number of aromatic nitrogens is 1. The number of hydrogen-bond acceptors (Lipinski definition) is 5. The number of hydrogen-bond donors (Lipinski definition) is 1. The Morgan fingerprint density at radius 3 is 2.46 bits per heavy atom. The van der Waals surface area contributed by atoms with Gasteiger partial charge in [0.25, 0.3) is 0 Å². The first kappa shape index (κ1) is 26.5. The van der Waals surface area contributed by atoms with Gasteiger partial charge >= 0.3 is 6.18 Å². The van der Waals surface area contributed by atoms with Crippen molar-refractivity contribution in [2.24, 2.45) is 0 Å². The molecule has 0 spiro atoms. The molecule has 11 heteroatoms. The summed E-state index contributed by atoms with van der Waals surface area (Å²) in [6.45, 7) is 1.76. The minimum atomic E-state index is -4.86. The molecule has 3 aromatic rings. The number of rotatable bonds is 6. The van der Waals surface area contributed by atoms with Crippen LogP contribution >= 0.6 is 23.2 Å². The maximum atomic E-state index is 14.3. The predicted molar refractivity (Wildman–Crippen MR) is 132 cm³/mol. The number of hydroxylamine groups is 1. The molecule has 190 valence electrons. The van der Waals surface area contributed by atoms with Crippen LogP contribution in [0, 0.1) is 11.3 Å².